The fourth-order valence-electron chi connectivity index (χ4n) is 4.14. The summed E-state index contributed by atoms with van der Waals surface area (Å²) >= 11 is 0. The summed E-state index contributed by atoms with van der Waals surface area (Å²) in [5.41, 5.74) is 0.754. The highest BCUT2D eigenvalue weighted by atomic mass is 28.4. The second-order valence-corrected chi connectivity index (χ2v) is 17.8. The molecule has 0 aromatic heterocycles. The Bertz CT molecular complexity index is 382. The van der Waals surface area contributed by atoms with Crippen molar-refractivity contribution in [3.05, 3.63) is 24.8 Å². The largest absolute Gasteiger partial charge is 0.455 e. The van der Waals surface area contributed by atoms with E-state index in [0.717, 1.165) is 5.54 Å². The molecular weight excluding hydrogens is 312 g/mol. The zero-order valence-corrected chi connectivity index (χ0v) is 18.5. The topological polar surface area (TPSA) is 9.23 Å². The van der Waals surface area contributed by atoms with Crippen LogP contribution < -0.4 is 0 Å². The lowest BCUT2D eigenvalue weighted by atomic mass is 10.0. The van der Waals surface area contributed by atoms with E-state index in [0.29, 0.717) is 11.8 Å². The monoisotopic (exact) mass is 352 g/mol. The van der Waals surface area contributed by atoms with Crippen molar-refractivity contribution >= 4 is 16.6 Å². The van der Waals surface area contributed by atoms with Gasteiger partial charge in [0.25, 0.3) is 0 Å². The molecule has 0 N–H and O–H groups in total. The fourth-order valence-corrected chi connectivity index (χ4v) is 13.2. The lowest BCUT2D eigenvalue weighted by Gasteiger charge is -2.38. The lowest BCUT2D eigenvalue weighted by Crippen LogP contribution is -2.46. The molecule has 0 aromatic carbocycles. The molecule has 3 unspecified atom stereocenters. The molecule has 0 bridgehead atoms. The average Bonchev–Trinajstić information content (AvgIpc) is 2.84. The fraction of sp³-hybridized carbons (Fsp3) is 0.800. The Labute approximate surface area is 147 Å². The first kappa shape index (κ1) is 20.9. The third-order valence-electron chi connectivity index (χ3n) is 5.05. The van der Waals surface area contributed by atoms with Gasteiger partial charge in [0.15, 0.2) is 16.6 Å². The molecular formula is C20H40OSi2. The Balaban J connectivity index is 2.66. The Morgan fingerprint density at radius 3 is 2.30 bits per heavy atom. The highest BCUT2D eigenvalue weighted by Gasteiger charge is 2.45. The number of allylic oxidation sites excluding steroid dienone is 3. The normalized spacial score (nSPS) is 26.1. The Morgan fingerprint density at radius 1 is 1.04 bits per heavy atom. The van der Waals surface area contributed by atoms with Crippen LogP contribution >= 0.6 is 0 Å². The first-order valence-corrected chi connectivity index (χ1v) is 16.1. The van der Waals surface area contributed by atoms with E-state index in [1.165, 1.54) is 44.9 Å². The summed E-state index contributed by atoms with van der Waals surface area (Å²) in [7, 11) is -3.11. The van der Waals surface area contributed by atoms with E-state index >= 15 is 0 Å². The van der Waals surface area contributed by atoms with E-state index in [1.807, 2.05) is 0 Å². The quantitative estimate of drug-likeness (QED) is 0.230. The molecule has 1 rings (SSSR count). The molecule has 0 aliphatic heterocycles. The molecule has 0 heterocycles. The van der Waals surface area contributed by atoms with Crippen molar-refractivity contribution in [1.29, 1.82) is 0 Å². The number of hydrogen-bond acceptors (Lipinski definition) is 1. The highest BCUT2D eigenvalue weighted by molar-refractivity contribution is 6.85. The number of unbranched alkanes of at least 4 members (excludes halogenated alkanes) is 4. The Kier molecular flexibility index (Phi) is 8.53. The van der Waals surface area contributed by atoms with E-state index in [4.69, 9.17) is 4.12 Å². The third-order valence-corrected chi connectivity index (χ3v) is 12.1. The minimum Gasteiger partial charge on any atom is -0.455 e. The van der Waals surface area contributed by atoms with E-state index in [1.54, 1.807) is 0 Å². The zero-order chi connectivity index (χ0) is 17.5. The molecule has 1 nitrogen and oxygen atoms in total. The van der Waals surface area contributed by atoms with Gasteiger partial charge in [-0.05, 0) is 75.8 Å². The van der Waals surface area contributed by atoms with Crippen LogP contribution in [0, 0.1) is 11.8 Å². The average molecular weight is 353 g/mol. The minimum atomic E-state index is -1.65. The molecule has 0 amide bonds. The third kappa shape index (κ3) is 7.53. The minimum absolute atomic E-state index is 0.687. The van der Waals surface area contributed by atoms with E-state index in [9.17, 15) is 0 Å². The second kappa shape index (κ2) is 9.38. The smallest absolute Gasteiger partial charge is 0.177 e. The van der Waals surface area contributed by atoms with Crippen LogP contribution in [0.15, 0.2) is 24.8 Å². The van der Waals surface area contributed by atoms with E-state index in [-0.39, 0.29) is 0 Å². The van der Waals surface area contributed by atoms with Gasteiger partial charge in [0.05, 0.1) is 0 Å². The molecule has 1 aliphatic rings. The van der Waals surface area contributed by atoms with Gasteiger partial charge in [-0.2, -0.15) is 0 Å². The van der Waals surface area contributed by atoms with Crippen molar-refractivity contribution in [2.45, 2.75) is 90.1 Å². The maximum atomic E-state index is 6.70. The van der Waals surface area contributed by atoms with Gasteiger partial charge in [0.1, 0.15) is 0 Å². The van der Waals surface area contributed by atoms with Crippen LogP contribution in [0.25, 0.3) is 0 Å². The highest BCUT2D eigenvalue weighted by Crippen LogP contribution is 2.48. The second-order valence-electron chi connectivity index (χ2n) is 8.83. The van der Waals surface area contributed by atoms with Gasteiger partial charge in [-0.3, -0.25) is 0 Å². The predicted octanol–water partition coefficient (Wildman–Crippen LogP) is 7.15. The van der Waals surface area contributed by atoms with Crippen molar-refractivity contribution in [3.8, 4) is 0 Å². The summed E-state index contributed by atoms with van der Waals surface area (Å²) in [4.78, 5) is 0. The van der Waals surface area contributed by atoms with E-state index < -0.39 is 16.6 Å². The van der Waals surface area contributed by atoms with Crippen LogP contribution in [0.2, 0.25) is 38.3 Å². The molecule has 3 atom stereocenters. The molecule has 23 heavy (non-hydrogen) atoms. The summed E-state index contributed by atoms with van der Waals surface area (Å²) in [5, 5.41) is 0. The molecule has 0 aromatic rings. The maximum absolute atomic E-state index is 6.70. The molecule has 3 heteroatoms. The molecule has 1 fully saturated rings. The van der Waals surface area contributed by atoms with Crippen LogP contribution in [0.5, 0.6) is 0 Å². The van der Waals surface area contributed by atoms with Crippen molar-refractivity contribution in [2.24, 2.45) is 11.8 Å². The van der Waals surface area contributed by atoms with Crippen LogP contribution in [-0.2, 0) is 4.12 Å². The first-order chi connectivity index (χ1) is 10.7. The first-order valence-electron chi connectivity index (χ1n) is 9.69. The van der Waals surface area contributed by atoms with Gasteiger partial charge in [0.2, 0.25) is 0 Å². The van der Waals surface area contributed by atoms with Crippen molar-refractivity contribution in [1.82, 2.24) is 0 Å². The molecule has 1 saturated carbocycles. The number of hydrogen-bond donors (Lipinski definition) is 0. The molecule has 134 valence electrons. The van der Waals surface area contributed by atoms with Gasteiger partial charge in [-0.1, -0.05) is 44.4 Å². The van der Waals surface area contributed by atoms with Gasteiger partial charge in [0, 0.05) is 0 Å². The predicted molar refractivity (Wildman–Crippen MR) is 110 cm³/mol. The summed E-state index contributed by atoms with van der Waals surface area (Å²) in [6.07, 6.45) is 16.4. The van der Waals surface area contributed by atoms with Crippen molar-refractivity contribution in [2.75, 3.05) is 0 Å². The maximum Gasteiger partial charge on any atom is 0.177 e. The summed E-state index contributed by atoms with van der Waals surface area (Å²) in [6, 6.07) is 0. The van der Waals surface area contributed by atoms with Crippen LogP contribution in [0.1, 0.15) is 51.9 Å². The number of rotatable bonds is 10. The standard InChI is InChI=1S/C20H40OSi2/c1-8-10-11-12-13-14-15-19-16-18(9-2)17-20(19)23(6,7)21-22(3,4)5/h9,14-15,18-20H,2,8,10-13,16-17H2,1,3-7H3/b15-14+. The van der Waals surface area contributed by atoms with Crippen LogP contribution in [0.4, 0.5) is 0 Å². The summed E-state index contributed by atoms with van der Waals surface area (Å²) in [5.74, 6) is 1.40. The molecule has 0 saturated heterocycles. The van der Waals surface area contributed by atoms with E-state index in [2.05, 4.69) is 64.5 Å². The van der Waals surface area contributed by atoms with Crippen LogP contribution in [0.3, 0.4) is 0 Å². The Morgan fingerprint density at radius 2 is 1.74 bits per heavy atom. The lowest BCUT2D eigenvalue weighted by molar-refractivity contribution is 0.500. The van der Waals surface area contributed by atoms with Gasteiger partial charge in [-0.25, -0.2) is 0 Å². The summed E-state index contributed by atoms with van der Waals surface area (Å²) < 4.78 is 6.70. The zero-order valence-electron chi connectivity index (χ0n) is 16.5. The summed E-state index contributed by atoms with van der Waals surface area (Å²) in [6.45, 7) is 18.2. The van der Waals surface area contributed by atoms with Gasteiger partial charge in [-0.15, -0.1) is 6.58 Å². The molecule has 1 aliphatic carbocycles. The molecule has 0 spiro atoms. The molecule has 0 radical (unpaired) electrons. The van der Waals surface area contributed by atoms with Crippen molar-refractivity contribution < 1.29 is 4.12 Å². The Hall–Kier alpha value is -0.126. The van der Waals surface area contributed by atoms with Crippen molar-refractivity contribution in [3.63, 3.8) is 0 Å². The van der Waals surface area contributed by atoms with Gasteiger partial charge >= 0.3 is 0 Å². The SMILES string of the molecule is C=CC1CC(/C=C/CCCCCC)C([Si](C)(C)O[Si](C)(C)C)C1. The van der Waals surface area contributed by atoms with Gasteiger partial charge < -0.3 is 4.12 Å². The van der Waals surface area contributed by atoms with Crippen LogP contribution in [-0.4, -0.2) is 16.6 Å².